The van der Waals surface area contributed by atoms with Gasteiger partial charge in [-0.1, -0.05) is 54.1 Å². The molecular formula is C25H25ClN4O2. The molecular weight excluding hydrogens is 424 g/mol. The van der Waals surface area contributed by atoms with Crippen LogP contribution in [0.3, 0.4) is 0 Å². The Bertz CT molecular complexity index is 1150. The lowest BCUT2D eigenvalue weighted by molar-refractivity contribution is -0.139. The summed E-state index contributed by atoms with van der Waals surface area (Å²) < 4.78 is 0. The van der Waals surface area contributed by atoms with E-state index in [-0.39, 0.29) is 6.04 Å². The average molecular weight is 449 g/mol. The number of anilines is 2. The highest BCUT2D eigenvalue weighted by Crippen LogP contribution is 2.26. The van der Waals surface area contributed by atoms with E-state index in [2.05, 4.69) is 21.2 Å². The number of benzene rings is 3. The van der Waals surface area contributed by atoms with Gasteiger partial charge in [-0.15, -0.1) is 0 Å². The Kier molecular flexibility index (Phi) is 7.63. The number of carbonyl (C=O) groups excluding carboxylic acids is 2. The fourth-order valence-corrected chi connectivity index (χ4v) is 3.25. The van der Waals surface area contributed by atoms with Gasteiger partial charge in [0.1, 0.15) is 0 Å². The van der Waals surface area contributed by atoms with Gasteiger partial charge in [-0.25, -0.2) is 5.43 Å². The zero-order valence-corrected chi connectivity index (χ0v) is 18.9. The second-order valence-electron chi connectivity index (χ2n) is 7.48. The lowest BCUT2D eigenvalue weighted by Crippen LogP contribution is -2.39. The topological polar surface area (TPSA) is 82.6 Å². The molecule has 0 saturated carbocycles. The van der Waals surface area contributed by atoms with Crippen molar-refractivity contribution in [2.75, 3.05) is 5.32 Å². The number of halogens is 1. The van der Waals surface area contributed by atoms with Gasteiger partial charge in [0.15, 0.2) is 0 Å². The highest BCUT2D eigenvalue weighted by atomic mass is 35.5. The van der Waals surface area contributed by atoms with Crippen molar-refractivity contribution < 1.29 is 9.59 Å². The van der Waals surface area contributed by atoms with E-state index in [9.17, 15) is 9.59 Å². The first-order valence-electron chi connectivity index (χ1n) is 10.2. The van der Waals surface area contributed by atoms with Gasteiger partial charge in [0, 0.05) is 22.0 Å². The quantitative estimate of drug-likeness (QED) is 0.281. The van der Waals surface area contributed by atoms with Crippen molar-refractivity contribution in [3.63, 3.8) is 0 Å². The summed E-state index contributed by atoms with van der Waals surface area (Å²) in [6, 6.07) is 20.5. The minimum atomic E-state index is -0.852. The van der Waals surface area contributed by atoms with Crippen molar-refractivity contribution in [2.24, 2.45) is 5.10 Å². The second kappa shape index (κ2) is 10.6. The molecule has 3 rings (SSSR count). The highest BCUT2D eigenvalue weighted by Gasteiger charge is 2.16. The molecule has 0 saturated heterocycles. The average Bonchev–Trinajstić information content (AvgIpc) is 2.78. The van der Waals surface area contributed by atoms with Gasteiger partial charge < -0.3 is 10.6 Å². The van der Waals surface area contributed by atoms with Crippen molar-refractivity contribution in [1.82, 2.24) is 10.7 Å². The smallest absolute Gasteiger partial charge is 0.329 e. The zero-order valence-electron chi connectivity index (χ0n) is 18.1. The Morgan fingerprint density at radius 3 is 2.44 bits per heavy atom. The fraction of sp³-hybridized carbons (Fsp3) is 0.160. The summed E-state index contributed by atoms with van der Waals surface area (Å²) in [6.45, 7) is 5.84. The predicted octanol–water partition coefficient (Wildman–Crippen LogP) is 5.03. The largest absolute Gasteiger partial charge is 0.355 e. The standard InChI is InChI=1S/C25H25ClN4O2/c1-16-9-10-17(2)23(13-16)29-22-12-11-21(26)14-20(22)15-27-30-25(32)24(31)28-18(3)19-7-5-4-6-8-19/h4-15,18,29H,1-3H3,(H,28,31)(H,30,32)/b27-15-/t18-/m0/s1. The van der Waals surface area contributed by atoms with E-state index in [0.717, 1.165) is 28.1 Å². The summed E-state index contributed by atoms with van der Waals surface area (Å²) >= 11 is 6.14. The molecule has 3 N–H and O–H groups in total. The molecule has 0 radical (unpaired) electrons. The van der Waals surface area contributed by atoms with E-state index in [1.807, 2.05) is 68.4 Å². The molecule has 0 unspecified atom stereocenters. The molecule has 0 spiro atoms. The van der Waals surface area contributed by atoms with E-state index in [0.29, 0.717) is 10.6 Å². The van der Waals surface area contributed by atoms with Crippen molar-refractivity contribution in [1.29, 1.82) is 0 Å². The lowest BCUT2D eigenvalue weighted by Gasteiger charge is -2.14. The Hall–Kier alpha value is -3.64. The van der Waals surface area contributed by atoms with Crippen LogP contribution in [0, 0.1) is 13.8 Å². The number of carbonyl (C=O) groups is 2. The van der Waals surface area contributed by atoms with Crippen LogP contribution in [-0.2, 0) is 9.59 Å². The molecule has 2 amide bonds. The van der Waals surface area contributed by atoms with Crippen molar-refractivity contribution in [3.8, 4) is 0 Å². The summed E-state index contributed by atoms with van der Waals surface area (Å²) in [7, 11) is 0. The Morgan fingerprint density at radius 1 is 0.938 bits per heavy atom. The number of aryl methyl sites for hydroxylation is 2. The monoisotopic (exact) mass is 448 g/mol. The van der Waals surface area contributed by atoms with Gasteiger partial charge in [-0.05, 0) is 61.7 Å². The van der Waals surface area contributed by atoms with Crippen LogP contribution in [0.2, 0.25) is 5.02 Å². The molecule has 7 heteroatoms. The number of nitrogens with zero attached hydrogens (tertiary/aromatic N) is 1. The number of rotatable bonds is 6. The van der Waals surface area contributed by atoms with Gasteiger partial charge in [0.25, 0.3) is 0 Å². The maximum Gasteiger partial charge on any atom is 0.329 e. The fourth-order valence-electron chi connectivity index (χ4n) is 3.07. The van der Waals surface area contributed by atoms with Gasteiger partial charge in [-0.2, -0.15) is 5.10 Å². The number of amides is 2. The normalized spacial score (nSPS) is 11.8. The molecule has 0 aromatic heterocycles. The number of hydrogen-bond donors (Lipinski definition) is 3. The molecule has 0 aliphatic rings. The van der Waals surface area contributed by atoms with Crippen LogP contribution in [0.1, 0.15) is 35.2 Å². The number of hydrogen-bond acceptors (Lipinski definition) is 4. The SMILES string of the molecule is Cc1ccc(C)c(Nc2ccc(Cl)cc2/C=N\NC(=O)C(=O)N[C@@H](C)c2ccccc2)c1. The third kappa shape index (κ3) is 6.18. The number of hydrazone groups is 1. The van der Waals surface area contributed by atoms with E-state index in [1.54, 1.807) is 19.1 Å². The molecule has 164 valence electrons. The maximum atomic E-state index is 12.2. The van der Waals surface area contributed by atoms with E-state index >= 15 is 0 Å². The van der Waals surface area contributed by atoms with E-state index < -0.39 is 11.8 Å². The summed E-state index contributed by atoms with van der Waals surface area (Å²) in [5, 5.41) is 10.5. The van der Waals surface area contributed by atoms with Gasteiger partial charge in [0.2, 0.25) is 0 Å². The molecule has 1 atom stereocenters. The molecule has 3 aromatic rings. The second-order valence-corrected chi connectivity index (χ2v) is 7.92. The summed E-state index contributed by atoms with van der Waals surface area (Å²) in [6.07, 6.45) is 1.45. The molecule has 0 fully saturated rings. The van der Waals surface area contributed by atoms with Crippen LogP contribution in [0.15, 0.2) is 71.8 Å². The first-order valence-corrected chi connectivity index (χ1v) is 10.5. The third-order valence-corrected chi connectivity index (χ3v) is 5.13. The van der Waals surface area contributed by atoms with E-state index in [1.165, 1.54) is 6.21 Å². The predicted molar refractivity (Wildman–Crippen MR) is 129 cm³/mol. The van der Waals surface area contributed by atoms with Crippen LogP contribution in [0.25, 0.3) is 0 Å². The molecule has 0 heterocycles. The highest BCUT2D eigenvalue weighted by molar-refractivity contribution is 6.35. The van der Waals surface area contributed by atoms with Crippen molar-refractivity contribution in [3.05, 3.63) is 94.0 Å². The summed E-state index contributed by atoms with van der Waals surface area (Å²) in [4.78, 5) is 24.3. The van der Waals surface area contributed by atoms with Crippen LogP contribution in [0.5, 0.6) is 0 Å². The molecule has 3 aromatic carbocycles. The Morgan fingerprint density at radius 2 is 1.69 bits per heavy atom. The van der Waals surface area contributed by atoms with Crippen LogP contribution < -0.4 is 16.1 Å². The van der Waals surface area contributed by atoms with E-state index in [4.69, 9.17) is 11.6 Å². The third-order valence-electron chi connectivity index (χ3n) is 4.90. The maximum absolute atomic E-state index is 12.2. The summed E-state index contributed by atoms with van der Waals surface area (Å²) in [5.41, 5.74) is 7.78. The Labute approximate surface area is 192 Å². The summed E-state index contributed by atoms with van der Waals surface area (Å²) in [5.74, 6) is -1.62. The van der Waals surface area contributed by atoms with Crippen LogP contribution >= 0.6 is 11.6 Å². The van der Waals surface area contributed by atoms with Gasteiger partial charge >= 0.3 is 11.8 Å². The Balaban J connectivity index is 1.67. The zero-order chi connectivity index (χ0) is 23.1. The van der Waals surface area contributed by atoms with Gasteiger partial charge in [0.05, 0.1) is 12.3 Å². The van der Waals surface area contributed by atoms with Gasteiger partial charge in [-0.3, -0.25) is 9.59 Å². The van der Waals surface area contributed by atoms with Crippen molar-refractivity contribution in [2.45, 2.75) is 26.8 Å². The first-order chi connectivity index (χ1) is 15.3. The first kappa shape index (κ1) is 23.0. The molecule has 0 aliphatic heterocycles. The molecule has 0 aliphatic carbocycles. The number of nitrogens with one attached hydrogen (secondary N) is 3. The van der Waals surface area contributed by atoms with Crippen LogP contribution in [0.4, 0.5) is 11.4 Å². The lowest BCUT2D eigenvalue weighted by atomic mass is 10.1. The molecule has 32 heavy (non-hydrogen) atoms. The molecule has 0 bridgehead atoms. The molecule has 6 nitrogen and oxygen atoms in total. The minimum absolute atomic E-state index is 0.306. The minimum Gasteiger partial charge on any atom is -0.355 e. The van der Waals surface area contributed by atoms with Crippen LogP contribution in [-0.4, -0.2) is 18.0 Å². The van der Waals surface area contributed by atoms with Crippen molar-refractivity contribution >= 4 is 41.0 Å².